The molecule has 0 fully saturated rings. The third kappa shape index (κ3) is 5.25. The first-order chi connectivity index (χ1) is 15.6. The first kappa shape index (κ1) is 21.0. The Morgan fingerprint density at radius 2 is 1.84 bits per heavy atom. The molecule has 0 radical (unpaired) electrons. The molecule has 2 aromatic heterocycles. The maximum absolute atomic E-state index is 13.8. The number of carbonyl (C=O) groups is 2. The molecule has 9 heteroatoms. The number of amides is 2. The number of rotatable bonds is 8. The van der Waals surface area contributed by atoms with Gasteiger partial charge in [-0.15, -0.1) is 0 Å². The smallest absolute Gasteiger partial charge is 0.243 e. The van der Waals surface area contributed by atoms with Gasteiger partial charge in [-0.25, -0.2) is 14.1 Å². The molecule has 0 aliphatic rings. The molecular weight excluding hydrogens is 413 g/mol. The lowest BCUT2D eigenvalue weighted by atomic mass is 10.2. The Morgan fingerprint density at radius 3 is 2.59 bits per heavy atom. The first-order valence-corrected chi connectivity index (χ1v) is 9.95. The number of anilines is 1. The molecule has 0 atom stereocenters. The molecule has 0 aliphatic carbocycles. The Kier molecular flexibility index (Phi) is 6.35. The quantitative estimate of drug-likeness (QED) is 0.444. The van der Waals surface area contributed by atoms with Crippen molar-refractivity contribution in [2.24, 2.45) is 0 Å². The van der Waals surface area contributed by atoms with Gasteiger partial charge in [0.2, 0.25) is 11.8 Å². The number of hydrogen-bond donors (Lipinski definition) is 2. The van der Waals surface area contributed by atoms with Crippen LogP contribution >= 0.6 is 0 Å². The third-order valence-electron chi connectivity index (χ3n) is 4.62. The summed E-state index contributed by atoms with van der Waals surface area (Å²) in [7, 11) is 0. The molecule has 4 aromatic rings. The highest BCUT2D eigenvalue weighted by atomic mass is 19.1. The van der Waals surface area contributed by atoms with Crippen LogP contribution in [0, 0.1) is 5.82 Å². The number of halogens is 1. The van der Waals surface area contributed by atoms with E-state index in [9.17, 15) is 14.0 Å². The number of nitrogens with one attached hydrogen (secondary N) is 2. The second kappa shape index (κ2) is 9.69. The van der Waals surface area contributed by atoms with Gasteiger partial charge in [-0.1, -0.05) is 12.1 Å². The van der Waals surface area contributed by atoms with Crippen molar-refractivity contribution in [1.29, 1.82) is 0 Å². The van der Waals surface area contributed by atoms with Crippen molar-refractivity contribution in [3.05, 3.63) is 84.9 Å². The third-order valence-corrected chi connectivity index (χ3v) is 4.62. The minimum Gasteiger partial charge on any atom is -0.441 e. The fraction of sp³-hybridized carbons (Fsp3) is 0.130. The van der Waals surface area contributed by atoms with Crippen LogP contribution in [-0.4, -0.2) is 33.1 Å². The summed E-state index contributed by atoms with van der Waals surface area (Å²) in [4.78, 5) is 28.2. The molecule has 0 spiro atoms. The summed E-state index contributed by atoms with van der Waals surface area (Å²) < 4.78 is 21.1. The van der Waals surface area contributed by atoms with Crippen molar-refractivity contribution in [2.45, 2.75) is 12.8 Å². The van der Waals surface area contributed by atoms with E-state index in [1.54, 1.807) is 41.2 Å². The summed E-state index contributed by atoms with van der Waals surface area (Å²) in [5.74, 6) is -0.449. The van der Waals surface area contributed by atoms with Crippen molar-refractivity contribution in [3.63, 3.8) is 0 Å². The minimum atomic E-state index is -0.407. The van der Waals surface area contributed by atoms with Crippen molar-refractivity contribution in [2.75, 3.05) is 11.9 Å². The summed E-state index contributed by atoms with van der Waals surface area (Å²) in [6, 6.07) is 15.2. The lowest BCUT2D eigenvalue weighted by molar-refractivity contribution is -0.124. The fourth-order valence-electron chi connectivity index (χ4n) is 3.02. The molecule has 2 heterocycles. The lowest BCUT2D eigenvalue weighted by Gasteiger charge is -2.08. The Balaban J connectivity index is 1.21. The summed E-state index contributed by atoms with van der Waals surface area (Å²) in [5, 5.41) is 9.42. The van der Waals surface area contributed by atoms with Crippen LogP contribution in [0.25, 0.3) is 17.0 Å². The molecule has 2 N–H and O–H groups in total. The summed E-state index contributed by atoms with van der Waals surface area (Å²) in [6.45, 7) is -0.161. The zero-order chi connectivity index (χ0) is 22.3. The first-order valence-electron chi connectivity index (χ1n) is 9.95. The van der Waals surface area contributed by atoms with Crippen LogP contribution in [0.5, 0.6) is 0 Å². The van der Waals surface area contributed by atoms with Crippen LogP contribution in [0.3, 0.4) is 0 Å². The van der Waals surface area contributed by atoms with E-state index in [0.717, 1.165) is 5.69 Å². The van der Waals surface area contributed by atoms with Gasteiger partial charge in [0.15, 0.2) is 11.7 Å². The Labute approximate surface area is 183 Å². The zero-order valence-electron chi connectivity index (χ0n) is 17.0. The van der Waals surface area contributed by atoms with Crippen molar-refractivity contribution in [3.8, 4) is 17.0 Å². The molecule has 0 aliphatic heterocycles. The predicted octanol–water partition coefficient (Wildman–Crippen LogP) is 3.35. The normalized spacial score (nSPS) is 10.7. The van der Waals surface area contributed by atoms with Crippen LogP contribution in [0.2, 0.25) is 0 Å². The number of aromatic nitrogens is 3. The molecule has 0 saturated carbocycles. The Hall–Kier alpha value is -4.27. The molecule has 4 rings (SSSR count). The van der Waals surface area contributed by atoms with Crippen molar-refractivity contribution < 1.29 is 18.4 Å². The second-order valence-electron chi connectivity index (χ2n) is 6.92. The van der Waals surface area contributed by atoms with Crippen molar-refractivity contribution in [1.82, 2.24) is 20.1 Å². The number of hydrogen-bond acceptors (Lipinski definition) is 5. The van der Waals surface area contributed by atoms with Gasteiger partial charge in [-0.05, 0) is 42.5 Å². The minimum absolute atomic E-state index is 0.0864. The number of benzene rings is 2. The molecule has 0 saturated heterocycles. The van der Waals surface area contributed by atoms with E-state index in [-0.39, 0.29) is 31.2 Å². The number of carbonyl (C=O) groups excluding carboxylic acids is 2. The molecule has 2 aromatic carbocycles. The van der Waals surface area contributed by atoms with E-state index in [4.69, 9.17) is 4.42 Å². The van der Waals surface area contributed by atoms with E-state index in [1.807, 2.05) is 24.4 Å². The van der Waals surface area contributed by atoms with E-state index >= 15 is 0 Å². The average Bonchev–Trinajstić information content (AvgIpc) is 3.50. The standard InChI is InChI=1S/C23H20FN5O3/c24-19-5-2-1-4-18(19)20-14-26-23(32-20)11-10-21(30)25-15-22(31)28-16-6-8-17(9-7-16)29-13-3-12-27-29/h1-9,12-14H,10-11,15H2,(H,25,30)(H,28,31). The van der Waals surface area contributed by atoms with Crippen LogP contribution in [0.4, 0.5) is 10.1 Å². The largest absolute Gasteiger partial charge is 0.441 e. The zero-order valence-corrected chi connectivity index (χ0v) is 17.0. The van der Waals surface area contributed by atoms with Gasteiger partial charge < -0.3 is 15.1 Å². The Morgan fingerprint density at radius 1 is 1.03 bits per heavy atom. The number of nitrogens with zero attached hydrogens (tertiary/aromatic N) is 3. The van der Waals surface area contributed by atoms with Gasteiger partial charge >= 0.3 is 0 Å². The van der Waals surface area contributed by atoms with Gasteiger partial charge in [0.05, 0.1) is 24.0 Å². The monoisotopic (exact) mass is 433 g/mol. The highest BCUT2D eigenvalue weighted by Gasteiger charge is 2.12. The maximum atomic E-state index is 13.8. The summed E-state index contributed by atoms with van der Waals surface area (Å²) in [6.07, 6.45) is 5.25. The van der Waals surface area contributed by atoms with E-state index < -0.39 is 5.82 Å². The summed E-state index contributed by atoms with van der Waals surface area (Å²) in [5.41, 5.74) is 1.79. The average molecular weight is 433 g/mol. The van der Waals surface area contributed by atoms with E-state index in [1.165, 1.54) is 12.3 Å². The van der Waals surface area contributed by atoms with Gasteiger partial charge in [0.1, 0.15) is 5.82 Å². The molecule has 8 nitrogen and oxygen atoms in total. The van der Waals surface area contributed by atoms with Gasteiger partial charge in [0.25, 0.3) is 0 Å². The molecule has 0 unspecified atom stereocenters. The number of aryl methyl sites for hydroxylation is 1. The molecule has 162 valence electrons. The van der Waals surface area contributed by atoms with Crippen LogP contribution < -0.4 is 10.6 Å². The van der Waals surface area contributed by atoms with E-state index in [0.29, 0.717) is 22.9 Å². The Bertz CT molecular complexity index is 1200. The fourth-order valence-corrected chi connectivity index (χ4v) is 3.02. The van der Waals surface area contributed by atoms with Gasteiger partial charge in [-0.2, -0.15) is 5.10 Å². The van der Waals surface area contributed by atoms with Crippen molar-refractivity contribution >= 4 is 17.5 Å². The van der Waals surface area contributed by atoms with Crippen LogP contribution in [0.1, 0.15) is 12.3 Å². The molecule has 2 amide bonds. The van der Waals surface area contributed by atoms with Gasteiger partial charge in [0, 0.05) is 30.9 Å². The molecular formula is C23H20FN5O3. The second-order valence-corrected chi connectivity index (χ2v) is 6.92. The van der Waals surface area contributed by atoms with Crippen LogP contribution in [0.15, 0.2) is 77.6 Å². The SMILES string of the molecule is O=C(CCc1ncc(-c2ccccc2F)o1)NCC(=O)Nc1ccc(-n2cccn2)cc1. The van der Waals surface area contributed by atoms with E-state index in [2.05, 4.69) is 20.7 Å². The topological polar surface area (TPSA) is 102 Å². The highest BCUT2D eigenvalue weighted by Crippen LogP contribution is 2.23. The molecule has 32 heavy (non-hydrogen) atoms. The molecule has 0 bridgehead atoms. The predicted molar refractivity (Wildman–Crippen MR) is 115 cm³/mol. The maximum Gasteiger partial charge on any atom is 0.243 e. The van der Waals surface area contributed by atoms with Crippen LogP contribution in [-0.2, 0) is 16.0 Å². The summed E-state index contributed by atoms with van der Waals surface area (Å²) >= 11 is 0. The van der Waals surface area contributed by atoms with Gasteiger partial charge in [-0.3, -0.25) is 9.59 Å². The number of oxazole rings is 1. The highest BCUT2D eigenvalue weighted by molar-refractivity contribution is 5.94. The lowest BCUT2D eigenvalue weighted by Crippen LogP contribution is -2.32.